The number of pyridine rings is 1. The third-order valence-electron chi connectivity index (χ3n) is 2.14. The minimum atomic E-state index is -0.274. The lowest BCUT2D eigenvalue weighted by Gasteiger charge is -2.04. The molecular weight excluding hydrogens is 193 g/mol. The number of aryl methyl sites for hydroxylation is 1. The normalized spacial score (nSPS) is 10.5. The van der Waals surface area contributed by atoms with Gasteiger partial charge in [0.15, 0.2) is 0 Å². The number of halogens is 1. The van der Waals surface area contributed by atoms with Crippen molar-refractivity contribution in [3.63, 3.8) is 0 Å². The van der Waals surface area contributed by atoms with Gasteiger partial charge in [-0.3, -0.25) is 9.67 Å². The summed E-state index contributed by atoms with van der Waals surface area (Å²) >= 11 is 0. The highest BCUT2D eigenvalue weighted by Gasteiger charge is 2.06. The molecule has 2 aromatic rings. The van der Waals surface area contributed by atoms with Gasteiger partial charge in [0.2, 0.25) is 0 Å². The highest BCUT2D eigenvalue weighted by atomic mass is 19.1. The Labute approximate surface area is 87.6 Å². The molecule has 0 spiro atoms. The van der Waals surface area contributed by atoms with Gasteiger partial charge in [0.1, 0.15) is 5.82 Å². The Morgan fingerprint density at radius 2 is 2.20 bits per heavy atom. The van der Waals surface area contributed by atoms with E-state index in [-0.39, 0.29) is 5.82 Å². The molecule has 0 fully saturated rings. The number of aromatic nitrogens is 3. The lowest BCUT2D eigenvalue weighted by atomic mass is 10.2. The van der Waals surface area contributed by atoms with Gasteiger partial charge in [0, 0.05) is 25.0 Å². The van der Waals surface area contributed by atoms with Gasteiger partial charge >= 0.3 is 0 Å². The smallest absolute Gasteiger partial charge is 0.126 e. The summed E-state index contributed by atoms with van der Waals surface area (Å²) in [5.41, 5.74) is 1.48. The summed E-state index contributed by atoms with van der Waals surface area (Å²) in [6, 6.07) is 4.60. The summed E-state index contributed by atoms with van der Waals surface area (Å²) in [7, 11) is 0. The summed E-state index contributed by atoms with van der Waals surface area (Å²) in [6.07, 6.45) is 4.16. The Kier molecular flexibility index (Phi) is 2.76. The quantitative estimate of drug-likeness (QED) is 0.770. The molecule has 0 aliphatic heterocycles. The number of hydrogen-bond acceptors (Lipinski definition) is 2. The summed E-state index contributed by atoms with van der Waals surface area (Å²) in [4.78, 5) is 4.12. The van der Waals surface area contributed by atoms with Crippen molar-refractivity contribution in [3.05, 3.63) is 36.4 Å². The SMILES string of the molecule is CCCn1nccc1-c1cc(F)ccn1. The predicted octanol–water partition coefficient (Wildman–Crippen LogP) is 2.49. The maximum atomic E-state index is 13.0. The van der Waals surface area contributed by atoms with Crippen LogP contribution in [0, 0.1) is 5.82 Å². The molecule has 3 nitrogen and oxygen atoms in total. The van der Waals surface area contributed by atoms with E-state index in [1.807, 2.05) is 10.7 Å². The van der Waals surface area contributed by atoms with E-state index in [0.29, 0.717) is 5.69 Å². The fourth-order valence-electron chi connectivity index (χ4n) is 1.49. The van der Waals surface area contributed by atoms with Gasteiger partial charge < -0.3 is 0 Å². The molecule has 0 radical (unpaired) electrons. The number of hydrogen-bond donors (Lipinski definition) is 0. The first-order valence-electron chi connectivity index (χ1n) is 4.95. The molecule has 2 rings (SSSR count). The zero-order chi connectivity index (χ0) is 10.7. The third kappa shape index (κ3) is 2.03. The van der Waals surface area contributed by atoms with E-state index >= 15 is 0 Å². The zero-order valence-corrected chi connectivity index (χ0v) is 8.52. The van der Waals surface area contributed by atoms with Crippen molar-refractivity contribution >= 4 is 0 Å². The van der Waals surface area contributed by atoms with E-state index in [4.69, 9.17) is 0 Å². The van der Waals surface area contributed by atoms with Crippen LogP contribution in [-0.4, -0.2) is 14.8 Å². The van der Waals surface area contributed by atoms with E-state index in [0.717, 1.165) is 18.7 Å². The summed E-state index contributed by atoms with van der Waals surface area (Å²) < 4.78 is 14.8. The largest absolute Gasteiger partial charge is 0.263 e. The van der Waals surface area contributed by atoms with Gasteiger partial charge in [-0.05, 0) is 18.6 Å². The van der Waals surface area contributed by atoms with Gasteiger partial charge in [-0.15, -0.1) is 0 Å². The van der Waals surface area contributed by atoms with Gasteiger partial charge in [-0.2, -0.15) is 5.10 Å². The molecule has 0 N–H and O–H groups in total. The molecule has 15 heavy (non-hydrogen) atoms. The zero-order valence-electron chi connectivity index (χ0n) is 8.52. The van der Waals surface area contributed by atoms with Gasteiger partial charge in [-0.1, -0.05) is 6.92 Å². The molecule has 0 atom stereocenters. The highest BCUT2D eigenvalue weighted by Crippen LogP contribution is 2.17. The average molecular weight is 205 g/mol. The molecule has 2 heterocycles. The van der Waals surface area contributed by atoms with Crippen LogP contribution < -0.4 is 0 Å². The van der Waals surface area contributed by atoms with Crippen molar-refractivity contribution in [2.45, 2.75) is 19.9 Å². The van der Waals surface area contributed by atoms with Crippen LogP contribution in [0.25, 0.3) is 11.4 Å². The van der Waals surface area contributed by atoms with Crippen molar-refractivity contribution in [1.82, 2.24) is 14.8 Å². The van der Waals surface area contributed by atoms with Crippen LogP contribution in [0.3, 0.4) is 0 Å². The van der Waals surface area contributed by atoms with Crippen molar-refractivity contribution in [2.75, 3.05) is 0 Å². The molecule has 0 aliphatic rings. The van der Waals surface area contributed by atoms with Crippen molar-refractivity contribution < 1.29 is 4.39 Å². The minimum Gasteiger partial charge on any atom is -0.263 e. The minimum absolute atomic E-state index is 0.274. The topological polar surface area (TPSA) is 30.7 Å². The molecule has 4 heteroatoms. The van der Waals surface area contributed by atoms with Gasteiger partial charge in [0.05, 0.1) is 11.4 Å². The molecule has 0 saturated carbocycles. The van der Waals surface area contributed by atoms with Crippen LogP contribution in [0.15, 0.2) is 30.6 Å². The highest BCUT2D eigenvalue weighted by molar-refractivity contribution is 5.53. The van der Waals surface area contributed by atoms with E-state index in [9.17, 15) is 4.39 Å². The fraction of sp³-hybridized carbons (Fsp3) is 0.273. The van der Waals surface area contributed by atoms with Crippen LogP contribution in [-0.2, 0) is 6.54 Å². The predicted molar refractivity (Wildman–Crippen MR) is 55.7 cm³/mol. The number of nitrogens with zero attached hydrogens (tertiary/aromatic N) is 3. The molecule has 0 aliphatic carbocycles. The number of rotatable bonds is 3. The lowest BCUT2D eigenvalue weighted by Crippen LogP contribution is -2.01. The van der Waals surface area contributed by atoms with Crippen LogP contribution in [0.1, 0.15) is 13.3 Å². The first-order valence-corrected chi connectivity index (χ1v) is 4.95. The fourth-order valence-corrected chi connectivity index (χ4v) is 1.49. The van der Waals surface area contributed by atoms with Crippen molar-refractivity contribution in [1.29, 1.82) is 0 Å². The summed E-state index contributed by atoms with van der Waals surface area (Å²) in [5, 5.41) is 4.17. The first-order chi connectivity index (χ1) is 7.31. The van der Waals surface area contributed by atoms with E-state index in [1.165, 1.54) is 18.3 Å². The van der Waals surface area contributed by atoms with Crippen LogP contribution in [0.5, 0.6) is 0 Å². The lowest BCUT2D eigenvalue weighted by molar-refractivity contribution is 0.605. The molecule has 0 bridgehead atoms. The maximum absolute atomic E-state index is 13.0. The third-order valence-corrected chi connectivity index (χ3v) is 2.14. The second-order valence-electron chi connectivity index (χ2n) is 3.30. The second kappa shape index (κ2) is 4.21. The van der Waals surface area contributed by atoms with Gasteiger partial charge in [-0.25, -0.2) is 4.39 Å². The molecular formula is C11H12FN3. The Morgan fingerprint density at radius 1 is 1.33 bits per heavy atom. The Morgan fingerprint density at radius 3 is 2.93 bits per heavy atom. The van der Waals surface area contributed by atoms with Crippen molar-refractivity contribution in [2.24, 2.45) is 0 Å². The Balaban J connectivity index is 2.40. The molecule has 78 valence electrons. The molecule has 0 amide bonds. The maximum Gasteiger partial charge on any atom is 0.126 e. The molecule has 2 aromatic heterocycles. The Hall–Kier alpha value is -1.71. The monoisotopic (exact) mass is 205 g/mol. The van der Waals surface area contributed by atoms with E-state index < -0.39 is 0 Å². The second-order valence-corrected chi connectivity index (χ2v) is 3.30. The standard InChI is InChI=1S/C11H12FN3/c1-2-7-15-11(4-6-14-15)10-8-9(12)3-5-13-10/h3-6,8H,2,7H2,1H3. The first kappa shape index (κ1) is 9.83. The van der Waals surface area contributed by atoms with E-state index in [1.54, 1.807) is 6.20 Å². The van der Waals surface area contributed by atoms with E-state index in [2.05, 4.69) is 17.0 Å². The molecule has 0 unspecified atom stereocenters. The van der Waals surface area contributed by atoms with Crippen molar-refractivity contribution in [3.8, 4) is 11.4 Å². The Bertz CT molecular complexity index is 451. The average Bonchev–Trinajstić information content (AvgIpc) is 2.66. The van der Waals surface area contributed by atoms with Crippen LogP contribution in [0.2, 0.25) is 0 Å². The van der Waals surface area contributed by atoms with Gasteiger partial charge in [0.25, 0.3) is 0 Å². The van der Waals surface area contributed by atoms with Crippen LogP contribution >= 0.6 is 0 Å². The molecule has 0 saturated heterocycles. The molecule has 0 aromatic carbocycles. The summed E-state index contributed by atoms with van der Waals surface area (Å²) in [5.74, 6) is -0.274. The summed E-state index contributed by atoms with van der Waals surface area (Å²) in [6.45, 7) is 2.89. The van der Waals surface area contributed by atoms with Crippen LogP contribution in [0.4, 0.5) is 4.39 Å².